The Bertz CT molecular complexity index is 1360. The number of aryl methyl sites for hydroxylation is 1. The number of para-hydroxylation sites is 1. The average molecular weight is 459 g/mol. The summed E-state index contributed by atoms with van der Waals surface area (Å²) < 4.78 is 1.81. The van der Waals surface area contributed by atoms with E-state index < -0.39 is 0 Å². The van der Waals surface area contributed by atoms with Crippen molar-refractivity contribution in [1.29, 1.82) is 0 Å². The van der Waals surface area contributed by atoms with Crippen molar-refractivity contribution in [3.8, 4) is 11.3 Å². The summed E-state index contributed by atoms with van der Waals surface area (Å²) in [6.45, 7) is 6.72. The van der Waals surface area contributed by atoms with Gasteiger partial charge in [0.2, 0.25) is 4.80 Å². The summed E-state index contributed by atoms with van der Waals surface area (Å²) in [5.41, 5.74) is 5.13. The number of non-ortho nitro benzene ring substituents is 1. The van der Waals surface area contributed by atoms with Gasteiger partial charge in [0, 0.05) is 23.1 Å². The van der Waals surface area contributed by atoms with E-state index in [4.69, 9.17) is 10.1 Å². The fraction of sp³-hybridized carbons (Fsp3) is 0.308. The normalized spacial score (nSPS) is 21.7. The molecule has 7 heteroatoms. The lowest BCUT2D eigenvalue weighted by Crippen LogP contribution is -2.48. The third-order valence-corrected chi connectivity index (χ3v) is 8.02. The summed E-state index contributed by atoms with van der Waals surface area (Å²) >= 11 is 1.48. The van der Waals surface area contributed by atoms with E-state index in [1.807, 2.05) is 53.5 Å². The van der Waals surface area contributed by atoms with Gasteiger partial charge in [-0.15, -0.1) is 11.3 Å². The van der Waals surface area contributed by atoms with E-state index in [2.05, 4.69) is 19.9 Å². The lowest BCUT2D eigenvalue weighted by Gasteiger charge is -2.55. The Hall–Kier alpha value is -3.32. The molecule has 2 atom stereocenters. The van der Waals surface area contributed by atoms with Crippen molar-refractivity contribution in [1.82, 2.24) is 4.68 Å². The first-order valence-corrected chi connectivity index (χ1v) is 12.0. The van der Waals surface area contributed by atoms with Crippen LogP contribution in [0.4, 0.5) is 11.4 Å². The quantitative estimate of drug-likeness (QED) is 0.249. The van der Waals surface area contributed by atoms with Gasteiger partial charge in [-0.1, -0.05) is 50.3 Å². The first-order chi connectivity index (χ1) is 15.8. The molecule has 2 bridgehead atoms. The number of benzene rings is 2. The first kappa shape index (κ1) is 21.5. The van der Waals surface area contributed by atoms with E-state index in [1.165, 1.54) is 29.4 Å². The first-order valence-electron chi connectivity index (χ1n) is 11.1. The molecule has 1 fully saturated rings. The fourth-order valence-corrected chi connectivity index (χ4v) is 5.78. The average Bonchev–Trinajstić information content (AvgIpc) is 3.21. The Balaban J connectivity index is 1.62. The molecule has 0 N–H and O–H groups in total. The molecule has 6 nitrogen and oxygen atoms in total. The molecule has 3 aromatic rings. The lowest BCUT2D eigenvalue weighted by atomic mass is 9.49. The van der Waals surface area contributed by atoms with Crippen LogP contribution >= 0.6 is 11.3 Å². The van der Waals surface area contributed by atoms with Crippen LogP contribution in [0.1, 0.15) is 32.3 Å². The molecule has 0 aliphatic heterocycles. The predicted octanol–water partition coefficient (Wildman–Crippen LogP) is 6.49. The maximum atomic E-state index is 11.3. The summed E-state index contributed by atoms with van der Waals surface area (Å²) in [5.74, 6) is 1.29. The minimum atomic E-state index is -0.371. The van der Waals surface area contributed by atoms with E-state index in [0.29, 0.717) is 11.3 Å². The monoisotopic (exact) mass is 458 g/mol. The Morgan fingerprint density at radius 3 is 2.76 bits per heavy atom. The van der Waals surface area contributed by atoms with Crippen LogP contribution in [0.3, 0.4) is 0 Å². The van der Waals surface area contributed by atoms with Crippen molar-refractivity contribution in [2.24, 2.45) is 27.3 Å². The summed E-state index contributed by atoms with van der Waals surface area (Å²) in [5, 5.41) is 18.2. The largest absolute Gasteiger partial charge is 0.270 e. The van der Waals surface area contributed by atoms with Gasteiger partial charge in [-0.2, -0.15) is 5.10 Å². The maximum absolute atomic E-state index is 11.3. The molecule has 3 aliphatic rings. The third kappa shape index (κ3) is 3.86. The van der Waals surface area contributed by atoms with Crippen LogP contribution in [0, 0.1) is 34.3 Å². The summed E-state index contributed by atoms with van der Waals surface area (Å²) in [6.07, 6.45) is 6.59. The summed E-state index contributed by atoms with van der Waals surface area (Å²) in [6, 6.07) is 14.6. The van der Waals surface area contributed by atoms with Gasteiger partial charge in [0.05, 0.1) is 22.5 Å². The fourth-order valence-electron chi connectivity index (χ4n) is 4.93. The standard InChI is InChI=1S/C26H26N4O2S/c1-17-7-4-5-10-23(17)28-25-29(27-15-19-11-12-20-14-22(19)26(20,2)3)24(16-33-25)18-8-6-9-21(13-18)30(31)32/h4-11,13,15-16,20,22H,12,14H2,1-3H3. The Kier molecular flexibility index (Phi) is 5.37. The topological polar surface area (TPSA) is 72.8 Å². The molecule has 2 aromatic carbocycles. The number of nitrogens with zero attached hydrogens (tertiary/aromatic N) is 4. The number of nitro benzene ring substituents is 1. The van der Waals surface area contributed by atoms with Crippen LogP contribution < -0.4 is 4.80 Å². The number of hydrogen-bond acceptors (Lipinski definition) is 5. The highest BCUT2D eigenvalue weighted by Gasteiger charge is 2.50. The number of nitro groups is 1. The Labute approximate surface area is 196 Å². The van der Waals surface area contributed by atoms with Crippen molar-refractivity contribution in [3.05, 3.63) is 86.0 Å². The molecule has 33 heavy (non-hydrogen) atoms. The highest BCUT2D eigenvalue weighted by atomic mass is 32.1. The zero-order valence-electron chi connectivity index (χ0n) is 18.9. The van der Waals surface area contributed by atoms with Crippen LogP contribution in [0.2, 0.25) is 0 Å². The molecule has 3 aliphatic carbocycles. The van der Waals surface area contributed by atoms with E-state index in [1.54, 1.807) is 12.1 Å². The van der Waals surface area contributed by atoms with Crippen LogP contribution in [0.15, 0.2) is 75.7 Å². The third-order valence-electron chi connectivity index (χ3n) is 7.20. The second kappa shape index (κ2) is 8.23. The maximum Gasteiger partial charge on any atom is 0.270 e. The minimum absolute atomic E-state index is 0.0591. The number of hydrogen-bond donors (Lipinski definition) is 0. The van der Waals surface area contributed by atoms with E-state index in [-0.39, 0.29) is 10.6 Å². The summed E-state index contributed by atoms with van der Waals surface area (Å²) in [7, 11) is 0. The van der Waals surface area contributed by atoms with Gasteiger partial charge in [0.1, 0.15) is 0 Å². The Morgan fingerprint density at radius 2 is 2.03 bits per heavy atom. The van der Waals surface area contributed by atoms with E-state index >= 15 is 0 Å². The highest BCUT2D eigenvalue weighted by molar-refractivity contribution is 7.07. The predicted molar refractivity (Wildman–Crippen MR) is 133 cm³/mol. The van der Waals surface area contributed by atoms with Crippen molar-refractivity contribution >= 4 is 28.9 Å². The van der Waals surface area contributed by atoms with Gasteiger partial charge in [-0.05, 0) is 54.2 Å². The van der Waals surface area contributed by atoms with Crippen molar-refractivity contribution in [3.63, 3.8) is 0 Å². The van der Waals surface area contributed by atoms with Crippen LogP contribution in [0.25, 0.3) is 11.3 Å². The molecule has 0 radical (unpaired) electrons. The second-order valence-electron chi connectivity index (χ2n) is 9.41. The molecule has 0 amide bonds. The van der Waals surface area contributed by atoms with Crippen molar-refractivity contribution in [2.45, 2.75) is 33.6 Å². The molecular weight excluding hydrogens is 432 g/mol. The molecular formula is C26H26N4O2S. The van der Waals surface area contributed by atoms with Gasteiger partial charge in [0.25, 0.3) is 5.69 Å². The molecule has 6 rings (SSSR count). The zero-order valence-corrected chi connectivity index (χ0v) is 19.7. The van der Waals surface area contributed by atoms with E-state index in [0.717, 1.165) is 39.6 Å². The smallest absolute Gasteiger partial charge is 0.258 e. The zero-order chi connectivity index (χ0) is 23.2. The van der Waals surface area contributed by atoms with Crippen molar-refractivity contribution < 1.29 is 4.92 Å². The Morgan fingerprint density at radius 1 is 1.21 bits per heavy atom. The van der Waals surface area contributed by atoms with Crippen LogP contribution in [0.5, 0.6) is 0 Å². The molecule has 168 valence electrons. The van der Waals surface area contributed by atoms with Gasteiger partial charge in [-0.3, -0.25) is 10.1 Å². The van der Waals surface area contributed by atoms with Crippen molar-refractivity contribution in [2.75, 3.05) is 0 Å². The van der Waals surface area contributed by atoms with Crippen LogP contribution in [-0.4, -0.2) is 15.8 Å². The highest BCUT2D eigenvalue weighted by Crippen LogP contribution is 2.58. The number of rotatable bonds is 5. The molecule has 1 saturated carbocycles. The van der Waals surface area contributed by atoms with Crippen LogP contribution in [-0.2, 0) is 0 Å². The van der Waals surface area contributed by atoms with Gasteiger partial charge in [0.15, 0.2) is 0 Å². The SMILES string of the molecule is Cc1ccccc1N=c1scc(-c2cccc([N+](=O)[O-])c2)n1N=CC1=CCC2CC1C2(C)C. The molecule has 1 aromatic heterocycles. The van der Waals surface area contributed by atoms with Gasteiger partial charge in [-0.25, -0.2) is 9.67 Å². The minimum Gasteiger partial charge on any atom is -0.258 e. The number of fused-ring (bicyclic) bond motifs is 1. The van der Waals surface area contributed by atoms with E-state index in [9.17, 15) is 10.1 Å². The molecule has 2 unspecified atom stereocenters. The second-order valence-corrected chi connectivity index (χ2v) is 10.2. The number of allylic oxidation sites excluding steroid dienone is 2. The summed E-state index contributed by atoms with van der Waals surface area (Å²) in [4.78, 5) is 16.6. The molecule has 1 heterocycles. The molecule has 0 saturated heterocycles. The van der Waals surface area contributed by atoms with Gasteiger partial charge < -0.3 is 0 Å². The van der Waals surface area contributed by atoms with Gasteiger partial charge >= 0.3 is 0 Å². The number of thiazole rings is 1. The lowest BCUT2D eigenvalue weighted by molar-refractivity contribution is -0.384. The number of aromatic nitrogens is 1. The molecule has 0 spiro atoms.